The highest BCUT2D eigenvalue weighted by Crippen LogP contribution is 2.33. The maximum atomic E-state index is 11.4. The quantitative estimate of drug-likeness (QED) is 0.851. The van der Waals surface area contributed by atoms with Gasteiger partial charge in [-0.05, 0) is 18.6 Å². The van der Waals surface area contributed by atoms with E-state index in [0.717, 1.165) is 0 Å². The van der Waals surface area contributed by atoms with Gasteiger partial charge in [-0.1, -0.05) is 5.16 Å². The largest absolute Gasteiger partial charge is 0.508 e. The molecule has 0 radical (unpaired) electrons. The van der Waals surface area contributed by atoms with E-state index in [4.69, 9.17) is 4.52 Å². The van der Waals surface area contributed by atoms with E-state index in [-0.39, 0.29) is 34.8 Å². The molecule has 106 valence electrons. The molecule has 1 saturated heterocycles. The van der Waals surface area contributed by atoms with Gasteiger partial charge in [0.15, 0.2) is 15.7 Å². The molecule has 2 aromatic rings. The summed E-state index contributed by atoms with van der Waals surface area (Å²) in [6.07, 6.45) is 0.475. The minimum atomic E-state index is -3.02. The van der Waals surface area contributed by atoms with Gasteiger partial charge in [0.1, 0.15) is 11.5 Å². The van der Waals surface area contributed by atoms with Gasteiger partial charge in [-0.3, -0.25) is 0 Å². The summed E-state index contributed by atoms with van der Waals surface area (Å²) < 4.78 is 27.9. The summed E-state index contributed by atoms with van der Waals surface area (Å²) in [5.74, 6) is 0.0544. The number of rotatable bonds is 2. The van der Waals surface area contributed by atoms with Crippen molar-refractivity contribution in [1.82, 2.24) is 10.1 Å². The topological polar surface area (TPSA) is 114 Å². The second-order valence-electron chi connectivity index (χ2n) is 4.76. The normalized spacial score (nSPS) is 21.1. The van der Waals surface area contributed by atoms with Crippen LogP contribution in [0.4, 0.5) is 0 Å². The molecule has 1 aliphatic heterocycles. The molecule has 8 heteroatoms. The van der Waals surface area contributed by atoms with Crippen LogP contribution in [0.3, 0.4) is 0 Å². The van der Waals surface area contributed by atoms with Crippen LogP contribution in [0.5, 0.6) is 11.5 Å². The van der Waals surface area contributed by atoms with Crippen LogP contribution in [0.1, 0.15) is 18.2 Å². The molecule has 2 heterocycles. The number of aromatic hydroxyl groups is 2. The predicted octanol–water partition coefficient (Wildman–Crippen LogP) is 1.05. The Morgan fingerprint density at radius 1 is 1.30 bits per heavy atom. The zero-order valence-corrected chi connectivity index (χ0v) is 11.2. The average molecular weight is 296 g/mol. The van der Waals surface area contributed by atoms with Crippen molar-refractivity contribution in [3.05, 3.63) is 24.0 Å². The van der Waals surface area contributed by atoms with Crippen LogP contribution in [0.25, 0.3) is 11.5 Å². The van der Waals surface area contributed by atoms with Gasteiger partial charge in [0.2, 0.25) is 0 Å². The zero-order valence-electron chi connectivity index (χ0n) is 10.4. The van der Waals surface area contributed by atoms with Gasteiger partial charge in [0.25, 0.3) is 5.89 Å². The van der Waals surface area contributed by atoms with Crippen molar-refractivity contribution >= 4 is 9.84 Å². The number of phenols is 2. The summed E-state index contributed by atoms with van der Waals surface area (Å²) in [6, 6.07) is 4.01. The number of benzene rings is 1. The van der Waals surface area contributed by atoms with Crippen molar-refractivity contribution in [3.8, 4) is 23.0 Å². The maximum absolute atomic E-state index is 11.4. The van der Waals surface area contributed by atoms with Crippen molar-refractivity contribution in [1.29, 1.82) is 0 Å². The monoisotopic (exact) mass is 296 g/mol. The van der Waals surface area contributed by atoms with Crippen LogP contribution in [-0.4, -0.2) is 40.3 Å². The molecule has 20 heavy (non-hydrogen) atoms. The minimum absolute atomic E-state index is 0.0214. The van der Waals surface area contributed by atoms with Gasteiger partial charge in [-0.15, -0.1) is 0 Å². The molecule has 1 aromatic heterocycles. The second kappa shape index (κ2) is 4.48. The minimum Gasteiger partial charge on any atom is -0.508 e. The van der Waals surface area contributed by atoms with Crippen molar-refractivity contribution in [2.24, 2.45) is 0 Å². The number of aromatic nitrogens is 2. The van der Waals surface area contributed by atoms with E-state index in [0.29, 0.717) is 17.8 Å². The Morgan fingerprint density at radius 2 is 2.10 bits per heavy atom. The first-order chi connectivity index (χ1) is 9.44. The van der Waals surface area contributed by atoms with E-state index in [2.05, 4.69) is 10.1 Å². The van der Waals surface area contributed by atoms with Crippen LogP contribution >= 0.6 is 0 Å². The fourth-order valence-electron chi connectivity index (χ4n) is 2.21. The summed E-state index contributed by atoms with van der Waals surface area (Å²) in [5, 5.41) is 22.7. The lowest BCUT2D eigenvalue weighted by Gasteiger charge is -2.00. The van der Waals surface area contributed by atoms with Gasteiger partial charge in [0, 0.05) is 12.0 Å². The lowest BCUT2D eigenvalue weighted by Crippen LogP contribution is -2.05. The molecule has 7 nitrogen and oxygen atoms in total. The highest BCUT2D eigenvalue weighted by Gasteiger charge is 2.32. The molecule has 2 N–H and O–H groups in total. The Balaban J connectivity index is 1.91. The average Bonchev–Trinajstić information content (AvgIpc) is 2.95. The number of nitrogens with zero attached hydrogens (tertiary/aromatic N) is 2. The summed E-state index contributed by atoms with van der Waals surface area (Å²) >= 11 is 0. The summed E-state index contributed by atoms with van der Waals surface area (Å²) in [5.41, 5.74) is 0.294. The highest BCUT2D eigenvalue weighted by atomic mass is 32.2. The highest BCUT2D eigenvalue weighted by molar-refractivity contribution is 7.91. The van der Waals surface area contributed by atoms with E-state index in [9.17, 15) is 18.6 Å². The summed E-state index contributed by atoms with van der Waals surface area (Å²) in [7, 11) is -3.02. The van der Waals surface area contributed by atoms with Crippen LogP contribution < -0.4 is 0 Å². The Hall–Kier alpha value is -2.09. The molecular weight excluding hydrogens is 284 g/mol. The van der Waals surface area contributed by atoms with Crippen molar-refractivity contribution in [3.63, 3.8) is 0 Å². The van der Waals surface area contributed by atoms with Gasteiger partial charge in [-0.2, -0.15) is 4.98 Å². The maximum Gasteiger partial charge on any atom is 0.261 e. The fourth-order valence-corrected chi connectivity index (χ4v) is 3.95. The van der Waals surface area contributed by atoms with Crippen molar-refractivity contribution < 1.29 is 23.2 Å². The van der Waals surface area contributed by atoms with Gasteiger partial charge >= 0.3 is 0 Å². The Labute approximate surface area is 114 Å². The standard InChI is InChI=1S/C12H12N2O5S/c15-8-1-2-9(10(16)5-8)12-13-11(14-19-12)7-3-4-20(17,18)6-7/h1-2,5,7,15-16H,3-4,6H2. The van der Waals surface area contributed by atoms with E-state index in [1.165, 1.54) is 18.2 Å². The third kappa shape index (κ3) is 2.34. The molecule has 0 bridgehead atoms. The molecule has 3 rings (SSSR count). The molecular formula is C12H12N2O5S. The third-order valence-electron chi connectivity index (χ3n) is 3.25. The second-order valence-corrected chi connectivity index (χ2v) is 6.99. The van der Waals surface area contributed by atoms with E-state index >= 15 is 0 Å². The first-order valence-electron chi connectivity index (χ1n) is 6.01. The van der Waals surface area contributed by atoms with Crippen LogP contribution in [0.2, 0.25) is 0 Å². The Kier molecular flexibility index (Phi) is 2.89. The lowest BCUT2D eigenvalue weighted by atomic mass is 10.1. The van der Waals surface area contributed by atoms with Crippen LogP contribution in [0.15, 0.2) is 22.7 Å². The molecule has 0 spiro atoms. The first-order valence-corrected chi connectivity index (χ1v) is 7.83. The molecule has 1 atom stereocenters. The first kappa shape index (κ1) is 12.9. The third-order valence-corrected chi connectivity index (χ3v) is 5.02. The van der Waals surface area contributed by atoms with E-state index < -0.39 is 9.84 Å². The number of hydrogen-bond acceptors (Lipinski definition) is 7. The van der Waals surface area contributed by atoms with Crippen LogP contribution in [-0.2, 0) is 9.84 Å². The molecule has 0 aliphatic carbocycles. The zero-order chi connectivity index (χ0) is 14.3. The lowest BCUT2D eigenvalue weighted by molar-refractivity contribution is 0.412. The van der Waals surface area contributed by atoms with Gasteiger partial charge in [-0.25, -0.2) is 8.42 Å². The molecule has 1 unspecified atom stereocenters. The smallest absolute Gasteiger partial charge is 0.261 e. The fraction of sp³-hybridized carbons (Fsp3) is 0.333. The molecule has 0 amide bonds. The van der Waals surface area contributed by atoms with Gasteiger partial charge < -0.3 is 14.7 Å². The SMILES string of the molecule is O=S1(=O)CCC(c2noc(-c3ccc(O)cc3O)n2)C1. The summed E-state index contributed by atoms with van der Waals surface area (Å²) in [6.45, 7) is 0. The van der Waals surface area contributed by atoms with E-state index in [1.807, 2.05) is 0 Å². The number of hydrogen-bond donors (Lipinski definition) is 2. The Bertz CT molecular complexity index is 753. The van der Waals surface area contributed by atoms with Gasteiger partial charge in [0.05, 0.1) is 17.1 Å². The summed E-state index contributed by atoms with van der Waals surface area (Å²) in [4.78, 5) is 4.13. The van der Waals surface area contributed by atoms with E-state index in [1.54, 1.807) is 0 Å². The van der Waals surface area contributed by atoms with Crippen molar-refractivity contribution in [2.45, 2.75) is 12.3 Å². The molecule has 1 aliphatic rings. The van der Waals surface area contributed by atoms with Crippen molar-refractivity contribution in [2.75, 3.05) is 11.5 Å². The number of phenolic OH excluding ortho intramolecular Hbond substituents is 2. The molecule has 1 fully saturated rings. The number of sulfone groups is 1. The predicted molar refractivity (Wildman–Crippen MR) is 69.1 cm³/mol. The van der Waals surface area contributed by atoms with Crippen LogP contribution in [0, 0.1) is 0 Å². The Morgan fingerprint density at radius 3 is 2.75 bits per heavy atom. The molecule has 0 saturated carbocycles. The molecule has 1 aromatic carbocycles.